The number of alkyl halides is 1. The van der Waals surface area contributed by atoms with Crippen LogP contribution < -0.4 is 5.32 Å². The highest BCUT2D eigenvalue weighted by Gasteiger charge is 2.18. The predicted octanol–water partition coefficient (Wildman–Crippen LogP) is -0.0914. The van der Waals surface area contributed by atoms with Crippen LogP contribution in [0.3, 0.4) is 0 Å². The number of nitrogens with one attached hydrogen (secondary N) is 1. The van der Waals surface area contributed by atoms with E-state index in [1.807, 2.05) is 0 Å². The van der Waals surface area contributed by atoms with Crippen LogP contribution >= 0.6 is 23.4 Å². The van der Waals surface area contributed by atoms with E-state index in [2.05, 4.69) is 5.32 Å². The number of hydrogen-bond donors (Lipinski definition) is 3. The fourth-order valence-electron chi connectivity index (χ4n) is 0.787. The van der Waals surface area contributed by atoms with Crippen LogP contribution in [0.15, 0.2) is 0 Å². The molecule has 0 aliphatic heterocycles. The van der Waals surface area contributed by atoms with Gasteiger partial charge in [0.1, 0.15) is 6.04 Å². The molecule has 0 spiro atoms. The van der Waals surface area contributed by atoms with E-state index in [0.29, 0.717) is 5.75 Å². The normalized spacial score (nSPS) is 14.3. The first kappa shape index (κ1) is 14.5. The first-order valence-corrected chi connectivity index (χ1v) is 5.98. The van der Waals surface area contributed by atoms with Crippen LogP contribution in [0.5, 0.6) is 0 Å². The summed E-state index contributed by atoms with van der Waals surface area (Å²) < 4.78 is 0. The van der Waals surface area contributed by atoms with Crippen molar-refractivity contribution >= 4 is 35.2 Å². The third kappa shape index (κ3) is 7.47. The van der Waals surface area contributed by atoms with Crippen molar-refractivity contribution in [2.45, 2.75) is 19.1 Å². The van der Waals surface area contributed by atoms with Crippen LogP contribution in [0.25, 0.3) is 0 Å². The summed E-state index contributed by atoms with van der Waals surface area (Å²) in [5.41, 5.74) is 0. The second kappa shape index (κ2) is 7.78. The molecule has 7 heteroatoms. The number of rotatable bonds is 7. The maximum absolute atomic E-state index is 10.7. The monoisotopic (exact) mass is 255 g/mol. The zero-order valence-corrected chi connectivity index (χ0v) is 9.85. The van der Waals surface area contributed by atoms with Gasteiger partial charge in [-0.15, -0.1) is 11.6 Å². The Morgan fingerprint density at radius 3 is 2.47 bits per heavy atom. The Morgan fingerprint density at radius 2 is 2.07 bits per heavy atom. The Bertz CT molecular complexity index is 227. The van der Waals surface area contributed by atoms with E-state index in [1.54, 1.807) is 0 Å². The zero-order chi connectivity index (χ0) is 11.8. The summed E-state index contributed by atoms with van der Waals surface area (Å²) in [5.74, 6) is -0.792. The molecule has 0 aliphatic carbocycles. The fourth-order valence-corrected chi connectivity index (χ4v) is 2.01. The standard InChI is InChI=1S/C8H14ClNO4S/c1-5(11)10-7(8(13)14)4-15-3-6(12)2-9/h6-7,12H,2-4H2,1H3,(H,10,11)(H,13,14). The maximum Gasteiger partial charge on any atom is 0.327 e. The highest BCUT2D eigenvalue weighted by Crippen LogP contribution is 2.06. The highest BCUT2D eigenvalue weighted by molar-refractivity contribution is 7.99. The molecular formula is C8H14ClNO4S. The number of carbonyl (C=O) groups is 2. The van der Waals surface area contributed by atoms with E-state index in [9.17, 15) is 9.59 Å². The average molecular weight is 256 g/mol. The van der Waals surface area contributed by atoms with Gasteiger partial charge in [0.05, 0.1) is 6.10 Å². The molecule has 0 rings (SSSR count). The van der Waals surface area contributed by atoms with Crippen molar-refractivity contribution in [3.8, 4) is 0 Å². The largest absolute Gasteiger partial charge is 0.480 e. The van der Waals surface area contributed by atoms with Gasteiger partial charge in [0.15, 0.2) is 0 Å². The van der Waals surface area contributed by atoms with Crippen molar-refractivity contribution in [3.63, 3.8) is 0 Å². The Kier molecular flexibility index (Phi) is 7.54. The number of aliphatic hydroxyl groups excluding tert-OH is 1. The third-order valence-corrected chi connectivity index (χ3v) is 2.99. The molecule has 0 fully saturated rings. The molecule has 88 valence electrons. The van der Waals surface area contributed by atoms with Gasteiger partial charge in [-0.3, -0.25) is 4.79 Å². The van der Waals surface area contributed by atoms with Crippen molar-refractivity contribution in [2.75, 3.05) is 17.4 Å². The molecule has 0 aliphatic rings. The summed E-state index contributed by atoms with van der Waals surface area (Å²) in [4.78, 5) is 21.3. The minimum Gasteiger partial charge on any atom is -0.480 e. The van der Waals surface area contributed by atoms with Crippen LogP contribution in [-0.2, 0) is 9.59 Å². The van der Waals surface area contributed by atoms with Crippen molar-refractivity contribution < 1.29 is 19.8 Å². The Morgan fingerprint density at radius 1 is 1.47 bits per heavy atom. The number of halogens is 1. The SMILES string of the molecule is CC(=O)NC(CSCC(O)CCl)C(=O)O. The van der Waals surface area contributed by atoms with Crippen molar-refractivity contribution in [3.05, 3.63) is 0 Å². The van der Waals surface area contributed by atoms with E-state index in [0.717, 1.165) is 0 Å². The summed E-state index contributed by atoms with van der Waals surface area (Å²) in [5, 5.41) is 20.1. The van der Waals surface area contributed by atoms with Gasteiger partial charge < -0.3 is 15.5 Å². The molecule has 2 unspecified atom stereocenters. The number of carbonyl (C=O) groups excluding carboxylic acids is 1. The Hall–Kier alpha value is -0.460. The highest BCUT2D eigenvalue weighted by atomic mass is 35.5. The van der Waals surface area contributed by atoms with Gasteiger partial charge in [-0.05, 0) is 0 Å². The lowest BCUT2D eigenvalue weighted by Gasteiger charge is -2.13. The predicted molar refractivity (Wildman–Crippen MR) is 59.3 cm³/mol. The second-order valence-electron chi connectivity index (χ2n) is 2.94. The first-order valence-electron chi connectivity index (χ1n) is 4.29. The summed E-state index contributed by atoms with van der Waals surface area (Å²) in [7, 11) is 0. The molecule has 0 aromatic rings. The number of amides is 1. The topological polar surface area (TPSA) is 86.6 Å². The molecule has 0 aromatic carbocycles. The number of hydrogen-bond acceptors (Lipinski definition) is 4. The van der Waals surface area contributed by atoms with E-state index >= 15 is 0 Å². The van der Waals surface area contributed by atoms with E-state index in [4.69, 9.17) is 21.8 Å². The van der Waals surface area contributed by atoms with Crippen LogP contribution in [-0.4, -0.2) is 51.6 Å². The number of aliphatic carboxylic acids is 1. The van der Waals surface area contributed by atoms with Gasteiger partial charge in [-0.1, -0.05) is 0 Å². The first-order chi connectivity index (χ1) is 6.97. The summed E-state index contributed by atoms with van der Waals surface area (Å²) in [6.07, 6.45) is -0.650. The molecule has 2 atom stereocenters. The quantitative estimate of drug-likeness (QED) is 0.554. The van der Waals surface area contributed by atoms with Crippen molar-refractivity contribution in [2.24, 2.45) is 0 Å². The Balaban J connectivity index is 3.86. The van der Waals surface area contributed by atoms with E-state index in [-0.39, 0.29) is 17.5 Å². The molecule has 0 aromatic heterocycles. The molecule has 0 radical (unpaired) electrons. The fraction of sp³-hybridized carbons (Fsp3) is 0.750. The smallest absolute Gasteiger partial charge is 0.327 e. The van der Waals surface area contributed by atoms with Gasteiger partial charge in [0.25, 0.3) is 0 Å². The molecule has 0 saturated carbocycles. The minimum atomic E-state index is -1.09. The molecule has 0 heterocycles. The van der Waals surface area contributed by atoms with Gasteiger partial charge in [-0.25, -0.2) is 4.79 Å². The molecule has 3 N–H and O–H groups in total. The van der Waals surface area contributed by atoms with Crippen LogP contribution in [0, 0.1) is 0 Å². The van der Waals surface area contributed by atoms with E-state index in [1.165, 1.54) is 18.7 Å². The van der Waals surface area contributed by atoms with Gasteiger partial charge >= 0.3 is 5.97 Å². The van der Waals surface area contributed by atoms with Crippen molar-refractivity contribution in [1.29, 1.82) is 0 Å². The average Bonchev–Trinajstić information content (AvgIpc) is 2.15. The Labute approximate surface area is 97.2 Å². The molecule has 1 amide bonds. The number of carboxylic acid groups (broad SMARTS) is 1. The molecule has 0 bridgehead atoms. The number of aliphatic hydroxyl groups is 1. The lowest BCUT2D eigenvalue weighted by atomic mass is 10.3. The summed E-state index contributed by atoms with van der Waals surface area (Å²) in [6, 6.07) is -0.921. The number of thioether (sulfide) groups is 1. The van der Waals surface area contributed by atoms with Crippen LogP contribution in [0.1, 0.15) is 6.92 Å². The molecule has 15 heavy (non-hydrogen) atoms. The molecular weight excluding hydrogens is 242 g/mol. The van der Waals surface area contributed by atoms with Gasteiger partial charge in [0, 0.05) is 24.3 Å². The van der Waals surface area contributed by atoms with Crippen molar-refractivity contribution in [1.82, 2.24) is 5.32 Å². The molecule has 5 nitrogen and oxygen atoms in total. The second-order valence-corrected chi connectivity index (χ2v) is 4.32. The number of carboxylic acids is 1. The lowest BCUT2D eigenvalue weighted by Crippen LogP contribution is -2.41. The lowest BCUT2D eigenvalue weighted by molar-refractivity contribution is -0.140. The zero-order valence-electron chi connectivity index (χ0n) is 8.27. The van der Waals surface area contributed by atoms with E-state index < -0.39 is 18.1 Å². The van der Waals surface area contributed by atoms with Gasteiger partial charge in [-0.2, -0.15) is 11.8 Å². The minimum absolute atomic E-state index is 0.116. The van der Waals surface area contributed by atoms with Gasteiger partial charge in [0.2, 0.25) is 5.91 Å². The molecule has 0 saturated heterocycles. The third-order valence-electron chi connectivity index (χ3n) is 1.45. The summed E-state index contributed by atoms with van der Waals surface area (Å²) in [6.45, 7) is 1.26. The maximum atomic E-state index is 10.7. The summed E-state index contributed by atoms with van der Waals surface area (Å²) >= 11 is 6.60. The van der Waals surface area contributed by atoms with Crippen LogP contribution in [0.4, 0.5) is 0 Å². The van der Waals surface area contributed by atoms with Crippen LogP contribution in [0.2, 0.25) is 0 Å².